The van der Waals surface area contributed by atoms with E-state index in [1.165, 1.54) is 0 Å². The van der Waals surface area contributed by atoms with E-state index in [4.69, 9.17) is 5.73 Å². The molecule has 0 aromatic rings. The molecule has 0 bridgehead atoms. The summed E-state index contributed by atoms with van der Waals surface area (Å²) in [4.78, 5) is 37.5. The molecule has 4 N–H and O–H groups in total. The lowest BCUT2D eigenvalue weighted by molar-refractivity contribution is -0.141. The Morgan fingerprint density at radius 2 is 2.00 bits per heavy atom. The third-order valence-corrected chi connectivity index (χ3v) is 3.53. The first-order valence-corrected chi connectivity index (χ1v) is 7.52. The molecule has 21 heavy (non-hydrogen) atoms. The summed E-state index contributed by atoms with van der Waals surface area (Å²) in [7, 11) is 0. The molecule has 1 fully saturated rings. The van der Waals surface area contributed by atoms with E-state index in [0.717, 1.165) is 12.8 Å². The third-order valence-electron chi connectivity index (χ3n) is 3.53. The Bertz CT molecular complexity index is 398. The molecular formula is C14H26N4O3. The summed E-state index contributed by atoms with van der Waals surface area (Å²) in [6.07, 6.45) is 2.31. The molecular weight excluding hydrogens is 272 g/mol. The molecule has 7 nitrogen and oxygen atoms in total. The predicted molar refractivity (Wildman–Crippen MR) is 79.3 cm³/mol. The quantitative estimate of drug-likeness (QED) is 0.606. The molecule has 0 saturated carbocycles. The number of nitrogens with one attached hydrogen (secondary N) is 2. The van der Waals surface area contributed by atoms with Gasteiger partial charge >= 0.3 is 0 Å². The molecule has 3 amide bonds. The lowest BCUT2D eigenvalue weighted by atomic mass is 10.2. The van der Waals surface area contributed by atoms with Crippen molar-refractivity contribution >= 4 is 17.7 Å². The summed E-state index contributed by atoms with van der Waals surface area (Å²) in [6.45, 7) is 6.30. The maximum atomic E-state index is 12.4. The van der Waals surface area contributed by atoms with E-state index in [-0.39, 0.29) is 17.7 Å². The molecule has 1 rings (SSSR count). The highest BCUT2D eigenvalue weighted by Gasteiger charge is 2.36. The maximum Gasteiger partial charge on any atom is 0.245 e. The number of carbonyl (C=O) groups excluding carboxylic acids is 3. The minimum absolute atomic E-state index is 0.117. The normalized spacial score (nSPS) is 20.8. The summed E-state index contributed by atoms with van der Waals surface area (Å²) >= 11 is 0. The lowest BCUT2D eigenvalue weighted by Gasteiger charge is -2.27. The Morgan fingerprint density at radius 1 is 1.33 bits per heavy atom. The van der Waals surface area contributed by atoms with Crippen molar-refractivity contribution < 1.29 is 14.4 Å². The molecule has 3 atom stereocenters. The second-order valence-electron chi connectivity index (χ2n) is 5.50. The molecule has 0 radical (unpaired) electrons. The molecule has 0 aromatic carbocycles. The van der Waals surface area contributed by atoms with Crippen LogP contribution in [0.4, 0.5) is 0 Å². The first kappa shape index (κ1) is 17.4. The number of hydrogen-bond acceptors (Lipinski definition) is 4. The van der Waals surface area contributed by atoms with Crippen molar-refractivity contribution in [3.8, 4) is 0 Å². The number of nitrogens with zero attached hydrogens (tertiary/aromatic N) is 1. The van der Waals surface area contributed by atoms with Crippen LogP contribution in [0.5, 0.6) is 0 Å². The van der Waals surface area contributed by atoms with Gasteiger partial charge in [-0.1, -0.05) is 6.92 Å². The van der Waals surface area contributed by atoms with Crippen LogP contribution in [0.1, 0.15) is 40.0 Å². The minimum Gasteiger partial charge on any atom is -0.354 e. The van der Waals surface area contributed by atoms with E-state index in [9.17, 15) is 14.4 Å². The van der Waals surface area contributed by atoms with Crippen LogP contribution in [0.15, 0.2) is 0 Å². The van der Waals surface area contributed by atoms with Crippen LogP contribution >= 0.6 is 0 Å². The topological polar surface area (TPSA) is 105 Å². The summed E-state index contributed by atoms with van der Waals surface area (Å²) in [5.74, 6) is -0.728. The Labute approximate surface area is 125 Å². The zero-order chi connectivity index (χ0) is 16.0. The first-order valence-electron chi connectivity index (χ1n) is 7.52. The highest BCUT2D eigenvalue weighted by molar-refractivity contribution is 5.93. The van der Waals surface area contributed by atoms with E-state index in [0.29, 0.717) is 19.5 Å². The molecule has 0 unspecified atom stereocenters. The molecule has 0 spiro atoms. The molecule has 0 aliphatic carbocycles. The number of carbonyl (C=O) groups is 3. The van der Waals surface area contributed by atoms with Gasteiger partial charge in [-0.05, 0) is 33.1 Å². The molecule has 120 valence electrons. The fourth-order valence-corrected chi connectivity index (χ4v) is 2.32. The van der Waals surface area contributed by atoms with E-state index >= 15 is 0 Å². The average Bonchev–Trinajstić information content (AvgIpc) is 2.92. The second kappa shape index (κ2) is 7.97. The zero-order valence-corrected chi connectivity index (χ0v) is 13.0. The zero-order valence-electron chi connectivity index (χ0n) is 13.0. The Hall–Kier alpha value is -1.63. The molecule has 1 heterocycles. The number of rotatable bonds is 6. The number of amides is 3. The van der Waals surface area contributed by atoms with Gasteiger partial charge in [0.1, 0.15) is 12.1 Å². The van der Waals surface area contributed by atoms with Gasteiger partial charge in [-0.2, -0.15) is 0 Å². The Kier molecular flexibility index (Phi) is 6.61. The van der Waals surface area contributed by atoms with Crippen molar-refractivity contribution in [1.82, 2.24) is 15.5 Å². The van der Waals surface area contributed by atoms with E-state index < -0.39 is 18.1 Å². The van der Waals surface area contributed by atoms with Crippen LogP contribution in [0, 0.1) is 0 Å². The van der Waals surface area contributed by atoms with E-state index in [1.807, 2.05) is 6.92 Å². The summed E-state index contributed by atoms with van der Waals surface area (Å²) in [5, 5.41) is 5.39. The number of hydrogen-bond donors (Lipinski definition) is 3. The van der Waals surface area contributed by atoms with Gasteiger partial charge in [-0.15, -0.1) is 0 Å². The fraction of sp³-hybridized carbons (Fsp3) is 0.786. The van der Waals surface area contributed by atoms with Crippen molar-refractivity contribution in [2.24, 2.45) is 5.73 Å². The lowest BCUT2D eigenvalue weighted by Crippen LogP contribution is -2.54. The van der Waals surface area contributed by atoms with Crippen LogP contribution < -0.4 is 16.4 Å². The van der Waals surface area contributed by atoms with Crippen molar-refractivity contribution in [2.75, 3.05) is 13.1 Å². The van der Waals surface area contributed by atoms with Gasteiger partial charge in [-0.3, -0.25) is 14.4 Å². The van der Waals surface area contributed by atoms with Crippen LogP contribution in [0.3, 0.4) is 0 Å². The Morgan fingerprint density at radius 3 is 2.57 bits per heavy atom. The highest BCUT2D eigenvalue weighted by atomic mass is 16.2. The van der Waals surface area contributed by atoms with Gasteiger partial charge in [0.25, 0.3) is 0 Å². The smallest absolute Gasteiger partial charge is 0.245 e. The molecule has 0 aromatic heterocycles. The minimum atomic E-state index is -0.678. The van der Waals surface area contributed by atoms with Gasteiger partial charge in [0.05, 0.1) is 6.04 Å². The van der Waals surface area contributed by atoms with Crippen molar-refractivity contribution in [3.63, 3.8) is 0 Å². The predicted octanol–water partition coefficient (Wildman–Crippen LogP) is -0.644. The summed E-state index contributed by atoms with van der Waals surface area (Å²) in [6, 6.07) is -1.77. The van der Waals surface area contributed by atoms with Gasteiger partial charge in [-0.25, -0.2) is 0 Å². The molecule has 7 heteroatoms. The van der Waals surface area contributed by atoms with Gasteiger partial charge in [0, 0.05) is 13.1 Å². The Balaban J connectivity index is 2.62. The highest BCUT2D eigenvalue weighted by Crippen LogP contribution is 2.18. The van der Waals surface area contributed by atoms with Gasteiger partial charge in [0.2, 0.25) is 17.7 Å². The maximum absolute atomic E-state index is 12.4. The standard InChI is InChI=1S/C14H26N4O3/c1-4-7-16-13(20)11-6-5-8-18(11)14(21)10(3)17-12(19)9(2)15/h9-11H,4-8,15H2,1-3H3,(H,16,20)(H,17,19)/t9-,10-,11-/m0/s1. The second-order valence-corrected chi connectivity index (χ2v) is 5.50. The first-order chi connectivity index (χ1) is 9.88. The van der Waals surface area contributed by atoms with Crippen molar-refractivity contribution in [3.05, 3.63) is 0 Å². The fourth-order valence-electron chi connectivity index (χ4n) is 2.32. The van der Waals surface area contributed by atoms with Gasteiger partial charge in [0.15, 0.2) is 0 Å². The molecule has 1 aliphatic rings. The molecule has 1 saturated heterocycles. The van der Waals surface area contributed by atoms with Crippen molar-refractivity contribution in [1.29, 1.82) is 0 Å². The van der Waals surface area contributed by atoms with E-state index in [2.05, 4.69) is 10.6 Å². The van der Waals surface area contributed by atoms with E-state index in [1.54, 1.807) is 18.7 Å². The van der Waals surface area contributed by atoms with Crippen LogP contribution in [-0.4, -0.2) is 53.8 Å². The van der Waals surface area contributed by atoms with Crippen molar-refractivity contribution in [2.45, 2.75) is 58.2 Å². The SMILES string of the molecule is CCCNC(=O)[C@@H]1CCCN1C(=O)[C@H](C)NC(=O)[C@H](C)N. The van der Waals surface area contributed by atoms with Crippen LogP contribution in [-0.2, 0) is 14.4 Å². The largest absolute Gasteiger partial charge is 0.354 e. The summed E-state index contributed by atoms with van der Waals surface area (Å²) < 4.78 is 0. The summed E-state index contributed by atoms with van der Waals surface area (Å²) in [5.41, 5.74) is 5.47. The molecule has 1 aliphatic heterocycles. The van der Waals surface area contributed by atoms with Crippen LogP contribution in [0.25, 0.3) is 0 Å². The number of nitrogens with two attached hydrogens (primary N) is 1. The van der Waals surface area contributed by atoms with Crippen LogP contribution in [0.2, 0.25) is 0 Å². The average molecular weight is 298 g/mol. The van der Waals surface area contributed by atoms with Gasteiger partial charge < -0.3 is 21.3 Å². The third kappa shape index (κ3) is 4.70. The number of likely N-dealkylation sites (tertiary alicyclic amines) is 1. The monoisotopic (exact) mass is 298 g/mol.